The number of benzene rings is 1. The van der Waals surface area contributed by atoms with Crippen LogP contribution in [0.25, 0.3) is 0 Å². The Morgan fingerprint density at radius 2 is 2.11 bits per heavy atom. The van der Waals surface area contributed by atoms with Gasteiger partial charge in [-0.05, 0) is 31.9 Å². The van der Waals surface area contributed by atoms with Gasteiger partial charge in [0.2, 0.25) is 0 Å². The van der Waals surface area contributed by atoms with Crippen LogP contribution in [0.3, 0.4) is 0 Å². The molecule has 108 valence electrons. The van der Waals surface area contributed by atoms with E-state index in [-0.39, 0.29) is 5.02 Å². The molecule has 1 aromatic carbocycles. The molecule has 1 N–H and O–H groups in total. The summed E-state index contributed by atoms with van der Waals surface area (Å²) in [7, 11) is -5.15. The van der Waals surface area contributed by atoms with Gasteiger partial charge in [0.1, 0.15) is 0 Å². The second-order valence-electron chi connectivity index (χ2n) is 4.37. The third-order valence-corrected chi connectivity index (χ3v) is 4.61. The summed E-state index contributed by atoms with van der Waals surface area (Å²) in [5.74, 6) is 0. The average molecular weight is 313 g/mol. The first-order chi connectivity index (χ1) is 8.61. The fourth-order valence-corrected chi connectivity index (χ4v) is 3.09. The minimum absolute atomic E-state index is 0.257. The van der Waals surface area contributed by atoms with Crippen molar-refractivity contribution in [3.63, 3.8) is 0 Å². The van der Waals surface area contributed by atoms with Crippen molar-refractivity contribution in [3.05, 3.63) is 34.3 Å². The van der Waals surface area contributed by atoms with E-state index in [4.69, 9.17) is 11.6 Å². The van der Waals surface area contributed by atoms with E-state index < -0.39 is 24.9 Å². The first-order valence-electron chi connectivity index (χ1n) is 5.77. The number of hydrogen-bond donors (Lipinski definition) is 1. The Balaban J connectivity index is 3.18. The van der Waals surface area contributed by atoms with Gasteiger partial charge in [0.25, 0.3) is 0 Å². The molecule has 0 saturated heterocycles. The summed E-state index contributed by atoms with van der Waals surface area (Å²) in [6, 6.07) is 3.76. The van der Waals surface area contributed by atoms with Crippen LogP contribution in [-0.4, -0.2) is 11.0 Å². The Bertz CT molecular complexity index is 508. The van der Waals surface area contributed by atoms with Crippen LogP contribution >= 0.6 is 19.2 Å². The van der Waals surface area contributed by atoms with Gasteiger partial charge < -0.3 is 9.42 Å². The van der Waals surface area contributed by atoms with E-state index in [0.29, 0.717) is 12.0 Å². The third kappa shape index (κ3) is 3.54. The van der Waals surface area contributed by atoms with Gasteiger partial charge in [-0.2, -0.15) is 8.78 Å². The Morgan fingerprint density at radius 1 is 1.53 bits per heavy atom. The molecule has 7 heteroatoms. The average Bonchev–Trinajstić information content (AvgIpc) is 2.27. The molecule has 0 amide bonds. The fourth-order valence-electron chi connectivity index (χ4n) is 1.40. The minimum atomic E-state index is -5.15. The molecule has 0 heterocycles. The molecule has 0 spiro atoms. The first-order valence-corrected chi connectivity index (χ1v) is 7.73. The number of alkyl halides is 2. The minimum Gasteiger partial charge on any atom is -0.320 e. The molecule has 2 atom stereocenters. The zero-order valence-electron chi connectivity index (χ0n) is 10.9. The lowest BCUT2D eigenvalue weighted by Gasteiger charge is -2.25. The zero-order valence-corrected chi connectivity index (χ0v) is 12.5. The van der Waals surface area contributed by atoms with Gasteiger partial charge >= 0.3 is 13.3 Å². The summed E-state index contributed by atoms with van der Waals surface area (Å²) in [6.07, 6.45) is -0.395. The van der Waals surface area contributed by atoms with E-state index in [1.807, 2.05) is 0 Å². The predicted molar refractivity (Wildman–Crippen MR) is 70.7 cm³/mol. The molecule has 2 unspecified atom stereocenters. The monoisotopic (exact) mass is 312 g/mol. The van der Waals surface area contributed by atoms with Gasteiger partial charge in [-0.3, -0.25) is 4.57 Å². The molecule has 19 heavy (non-hydrogen) atoms. The van der Waals surface area contributed by atoms with Gasteiger partial charge in [0.15, 0.2) is 0 Å². The topological polar surface area (TPSA) is 46.5 Å². The van der Waals surface area contributed by atoms with E-state index in [1.54, 1.807) is 13.8 Å². The van der Waals surface area contributed by atoms with Crippen molar-refractivity contribution in [3.8, 4) is 0 Å². The molecule has 3 nitrogen and oxygen atoms in total. The second kappa shape index (κ2) is 5.88. The fraction of sp³-hybridized carbons (Fsp3) is 0.500. The lowest BCUT2D eigenvalue weighted by atomic mass is 10.1. The van der Waals surface area contributed by atoms with Crippen LogP contribution in [0.5, 0.6) is 0 Å². The Morgan fingerprint density at radius 3 is 2.58 bits per heavy atom. The molecular weight excluding hydrogens is 297 g/mol. The maximum absolute atomic E-state index is 14.1. The van der Waals surface area contributed by atoms with E-state index in [0.717, 1.165) is 6.07 Å². The number of halogens is 3. The number of rotatable bonds is 5. The summed E-state index contributed by atoms with van der Waals surface area (Å²) in [4.78, 5) is 9.52. The smallest absolute Gasteiger partial charge is 0.320 e. The quantitative estimate of drug-likeness (QED) is 0.802. The Hall–Kier alpha value is -0.480. The SMILES string of the molecule is CCC(C)OP(=O)(O)C(F)(F)c1ccc(C)cc1Cl. The molecule has 0 aliphatic carbocycles. The molecule has 0 aliphatic rings. The van der Waals surface area contributed by atoms with Crippen molar-refractivity contribution >= 4 is 19.2 Å². The molecule has 0 fully saturated rings. The van der Waals surface area contributed by atoms with E-state index >= 15 is 0 Å². The van der Waals surface area contributed by atoms with Crippen molar-refractivity contribution in [2.24, 2.45) is 0 Å². The highest BCUT2D eigenvalue weighted by Crippen LogP contribution is 2.64. The molecule has 1 aromatic rings. The highest BCUT2D eigenvalue weighted by atomic mass is 35.5. The lowest BCUT2D eigenvalue weighted by molar-refractivity contribution is 0.0347. The molecule has 0 bridgehead atoms. The highest BCUT2D eigenvalue weighted by Gasteiger charge is 2.54. The maximum atomic E-state index is 14.1. The first kappa shape index (κ1) is 16.6. The Labute approximate surface area is 116 Å². The van der Waals surface area contributed by atoms with E-state index in [9.17, 15) is 18.2 Å². The molecule has 0 radical (unpaired) electrons. The van der Waals surface area contributed by atoms with Crippen LogP contribution in [0.2, 0.25) is 5.02 Å². The van der Waals surface area contributed by atoms with Crippen LogP contribution in [0.15, 0.2) is 18.2 Å². The Kier molecular flexibility index (Phi) is 5.13. The standard InChI is InChI=1S/C12H16ClF2O3P/c1-4-9(3)18-19(16,17)12(14,15)10-6-5-8(2)7-11(10)13/h5-7,9H,4H2,1-3H3,(H,16,17). The molecule has 0 saturated carbocycles. The van der Waals surface area contributed by atoms with Crippen molar-refractivity contribution in [1.82, 2.24) is 0 Å². The normalized spacial score (nSPS) is 17.0. The summed E-state index contributed by atoms with van der Waals surface area (Å²) in [5.41, 5.74) is -4.06. The maximum Gasteiger partial charge on any atom is 0.402 e. The highest BCUT2D eigenvalue weighted by molar-refractivity contribution is 7.53. The summed E-state index contributed by atoms with van der Waals surface area (Å²) in [5, 5.41) is -0.257. The summed E-state index contributed by atoms with van der Waals surface area (Å²) in [6.45, 7) is 4.80. The van der Waals surface area contributed by atoms with Crippen molar-refractivity contribution in [2.45, 2.75) is 39.0 Å². The molecular formula is C12H16ClF2O3P. The molecule has 0 aromatic heterocycles. The molecule has 1 rings (SSSR count). The van der Waals surface area contributed by atoms with Crippen molar-refractivity contribution in [2.75, 3.05) is 0 Å². The van der Waals surface area contributed by atoms with Crippen LogP contribution < -0.4 is 0 Å². The van der Waals surface area contributed by atoms with Gasteiger partial charge in [-0.25, -0.2) is 0 Å². The van der Waals surface area contributed by atoms with E-state index in [1.165, 1.54) is 19.1 Å². The van der Waals surface area contributed by atoms with Crippen LogP contribution in [-0.2, 0) is 14.8 Å². The van der Waals surface area contributed by atoms with Gasteiger partial charge in [-0.15, -0.1) is 0 Å². The summed E-state index contributed by atoms with van der Waals surface area (Å²) >= 11 is 5.72. The van der Waals surface area contributed by atoms with Crippen LogP contribution in [0.4, 0.5) is 8.78 Å². The number of hydrogen-bond acceptors (Lipinski definition) is 2. The zero-order chi connectivity index (χ0) is 14.8. The lowest BCUT2D eigenvalue weighted by Crippen LogP contribution is -2.19. The van der Waals surface area contributed by atoms with Crippen LogP contribution in [0, 0.1) is 6.92 Å². The predicted octanol–water partition coefficient (Wildman–Crippen LogP) is 4.70. The van der Waals surface area contributed by atoms with Gasteiger partial charge in [0.05, 0.1) is 16.7 Å². The second-order valence-corrected chi connectivity index (χ2v) is 6.59. The van der Waals surface area contributed by atoms with Gasteiger partial charge in [0, 0.05) is 0 Å². The van der Waals surface area contributed by atoms with Crippen LogP contribution in [0.1, 0.15) is 31.4 Å². The van der Waals surface area contributed by atoms with Crippen molar-refractivity contribution < 1.29 is 22.8 Å². The third-order valence-electron chi connectivity index (χ3n) is 2.70. The summed E-state index contributed by atoms with van der Waals surface area (Å²) < 4.78 is 44.6. The van der Waals surface area contributed by atoms with E-state index in [2.05, 4.69) is 4.52 Å². The van der Waals surface area contributed by atoms with Gasteiger partial charge in [-0.1, -0.05) is 30.7 Å². The molecule has 0 aliphatic heterocycles. The number of aryl methyl sites for hydroxylation is 1. The van der Waals surface area contributed by atoms with Crippen molar-refractivity contribution in [1.29, 1.82) is 0 Å². The largest absolute Gasteiger partial charge is 0.402 e.